The third-order valence-corrected chi connectivity index (χ3v) is 2.51. The maximum Gasteiger partial charge on any atom is 0.221 e. The Morgan fingerprint density at radius 2 is 2.22 bits per heavy atom. The van der Waals surface area contributed by atoms with Crippen molar-refractivity contribution in [3.63, 3.8) is 0 Å². The van der Waals surface area contributed by atoms with Crippen LogP contribution in [0.2, 0.25) is 0 Å². The van der Waals surface area contributed by atoms with Gasteiger partial charge in [-0.05, 0) is 20.3 Å². The highest BCUT2D eigenvalue weighted by Gasteiger charge is 2.13. The first kappa shape index (κ1) is 14.7. The topological polar surface area (TPSA) is 76.5 Å². The summed E-state index contributed by atoms with van der Waals surface area (Å²) in [5, 5.41) is 12.2. The molecule has 0 saturated carbocycles. The summed E-state index contributed by atoms with van der Waals surface area (Å²) in [7, 11) is 1.63. The number of hydrogen-bond acceptors (Lipinski definition) is 6. The Balaban J connectivity index is 2.78. The number of anilines is 1. The fourth-order valence-corrected chi connectivity index (χ4v) is 1.61. The molecule has 6 heteroatoms. The smallest absolute Gasteiger partial charge is 0.221 e. The molecule has 0 amide bonds. The number of rotatable bonds is 8. The van der Waals surface area contributed by atoms with Crippen molar-refractivity contribution in [1.29, 1.82) is 0 Å². The number of aromatic nitrogens is 2. The monoisotopic (exact) mass is 255 g/mol. The zero-order valence-electron chi connectivity index (χ0n) is 11.1. The Morgan fingerprint density at radius 1 is 1.44 bits per heavy atom. The highest BCUT2D eigenvalue weighted by molar-refractivity contribution is 5.48. The van der Waals surface area contributed by atoms with Crippen molar-refractivity contribution in [2.45, 2.75) is 26.3 Å². The second-order valence-corrected chi connectivity index (χ2v) is 3.89. The van der Waals surface area contributed by atoms with Crippen molar-refractivity contribution in [2.75, 3.05) is 32.2 Å². The minimum Gasteiger partial charge on any atom is -0.478 e. The highest BCUT2D eigenvalue weighted by Crippen LogP contribution is 2.21. The normalized spacial score (nSPS) is 12.2. The van der Waals surface area contributed by atoms with E-state index in [9.17, 15) is 0 Å². The van der Waals surface area contributed by atoms with Crippen LogP contribution >= 0.6 is 0 Å². The molecule has 1 atom stereocenters. The van der Waals surface area contributed by atoms with Crippen molar-refractivity contribution in [3.05, 3.63) is 11.9 Å². The van der Waals surface area contributed by atoms with Gasteiger partial charge in [-0.25, -0.2) is 9.97 Å². The van der Waals surface area contributed by atoms with Gasteiger partial charge in [-0.15, -0.1) is 0 Å². The molecule has 0 fully saturated rings. The number of aliphatic hydroxyl groups is 1. The van der Waals surface area contributed by atoms with Gasteiger partial charge in [-0.2, -0.15) is 0 Å². The first-order chi connectivity index (χ1) is 8.72. The minimum atomic E-state index is 0.0167. The lowest BCUT2D eigenvalue weighted by Gasteiger charge is -2.19. The van der Waals surface area contributed by atoms with E-state index in [-0.39, 0.29) is 12.6 Å². The Hall–Kier alpha value is -1.40. The maximum atomic E-state index is 9.00. The van der Waals surface area contributed by atoms with Crippen LogP contribution in [0.1, 0.15) is 18.9 Å². The van der Waals surface area contributed by atoms with Crippen LogP contribution in [0.25, 0.3) is 0 Å². The Kier molecular flexibility index (Phi) is 6.38. The summed E-state index contributed by atoms with van der Waals surface area (Å²) in [6.07, 6.45) is 2.06. The van der Waals surface area contributed by atoms with Gasteiger partial charge in [0.05, 0.1) is 24.8 Å². The van der Waals surface area contributed by atoms with Crippen molar-refractivity contribution in [1.82, 2.24) is 9.97 Å². The molecule has 0 spiro atoms. The van der Waals surface area contributed by atoms with E-state index in [1.54, 1.807) is 7.11 Å². The molecule has 0 saturated heterocycles. The van der Waals surface area contributed by atoms with Crippen molar-refractivity contribution in [3.8, 4) is 5.88 Å². The van der Waals surface area contributed by atoms with Gasteiger partial charge in [0.15, 0.2) is 0 Å². The molecule has 0 aliphatic heterocycles. The molecule has 0 bridgehead atoms. The average molecular weight is 255 g/mol. The van der Waals surface area contributed by atoms with Crippen LogP contribution < -0.4 is 10.1 Å². The summed E-state index contributed by atoms with van der Waals surface area (Å²) in [5.41, 5.74) is 0.860. The third-order valence-electron chi connectivity index (χ3n) is 2.51. The molecule has 1 unspecified atom stereocenters. The molecule has 0 aromatic carbocycles. The summed E-state index contributed by atoms with van der Waals surface area (Å²) in [5.74, 6) is 1.29. The van der Waals surface area contributed by atoms with E-state index in [4.69, 9.17) is 14.6 Å². The van der Waals surface area contributed by atoms with Crippen molar-refractivity contribution < 1.29 is 14.6 Å². The number of aliphatic hydroxyl groups excluding tert-OH is 1. The first-order valence-electron chi connectivity index (χ1n) is 6.03. The predicted octanol–water partition coefficient (Wildman–Crippen LogP) is 0.993. The number of methoxy groups -OCH3 is 1. The molecular formula is C12H21N3O3. The predicted molar refractivity (Wildman–Crippen MR) is 68.9 cm³/mol. The van der Waals surface area contributed by atoms with Gasteiger partial charge in [-0.3, -0.25) is 0 Å². The van der Waals surface area contributed by atoms with Crippen LogP contribution in [0.5, 0.6) is 5.88 Å². The first-order valence-corrected chi connectivity index (χ1v) is 6.03. The van der Waals surface area contributed by atoms with E-state index in [2.05, 4.69) is 15.3 Å². The molecule has 1 aromatic heterocycles. The Bertz CT molecular complexity index is 354. The molecule has 18 heavy (non-hydrogen) atoms. The third kappa shape index (κ3) is 4.12. The Morgan fingerprint density at radius 3 is 2.83 bits per heavy atom. The molecular weight excluding hydrogens is 234 g/mol. The Labute approximate surface area is 107 Å². The van der Waals surface area contributed by atoms with E-state index in [1.807, 2.05) is 13.8 Å². The molecule has 1 heterocycles. The van der Waals surface area contributed by atoms with Crippen LogP contribution in [0.4, 0.5) is 5.82 Å². The van der Waals surface area contributed by atoms with Gasteiger partial charge in [-0.1, -0.05) is 0 Å². The quantitative estimate of drug-likeness (QED) is 0.721. The lowest BCUT2D eigenvalue weighted by molar-refractivity contribution is 0.170. The molecule has 1 rings (SSSR count). The average Bonchev–Trinajstić information content (AvgIpc) is 2.35. The van der Waals surface area contributed by atoms with Crippen LogP contribution in [-0.2, 0) is 4.74 Å². The van der Waals surface area contributed by atoms with Crippen LogP contribution in [0.15, 0.2) is 6.33 Å². The van der Waals surface area contributed by atoms with Crippen LogP contribution in [-0.4, -0.2) is 48.0 Å². The summed E-state index contributed by atoms with van der Waals surface area (Å²) in [6.45, 7) is 4.98. The number of hydrogen-bond donors (Lipinski definition) is 2. The lowest BCUT2D eigenvalue weighted by atomic mass is 10.2. The lowest BCUT2D eigenvalue weighted by Crippen LogP contribution is -2.27. The molecule has 102 valence electrons. The summed E-state index contributed by atoms with van der Waals surface area (Å²) in [4.78, 5) is 8.26. The van der Waals surface area contributed by atoms with Crippen LogP contribution in [0, 0.1) is 6.92 Å². The van der Waals surface area contributed by atoms with Gasteiger partial charge in [0, 0.05) is 13.7 Å². The molecule has 0 radical (unpaired) electrons. The molecule has 2 N–H and O–H groups in total. The number of ether oxygens (including phenoxy) is 2. The van der Waals surface area contributed by atoms with Gasteiger partial charge in [0.1, 0.15) is 12.1 Å². The largest absolute Gasteiger partial charge is 0.478 e. The zero-order valence-corrected chi connectivity index (χ0v) is 11.1. The summed E-state index contributed by atoms with van der Waals surface area (Å²) >= 11 is 0. The zero-order chi connectivity index (χ0) is 13.4. The molecule has 0 aliphatic carbocycles. The number of nitrogens with zero attached hydrogens (tertiary/aromatic N) is 2. The summed E-state index contributed by atoms with van der Waals surface area (Å²) < 4.78 is 10.5. The van der Waals surface area contributed by atoms with Gasteiger partial charge >= 0.3 is 0 Å². The maximum absolute atomic E-state index is 9.00. The van der Waals surface area contributed by atoms with E-state index in [0.717, 1.165) is 5.56 Å². The van der Waals surface area contributed by atoms with E-state index < -0.39 is 0 Å². The fourth-order valence-electron chi connectivity index (χ4n) is 1.61. The number of nitrogens with one attached hydrogen (secondary N) is 1. The minimum absolute atomic E-state index is 0.0167. The second-order valence-electron chi connectivity index (χ2n) is 3.89. The van der Waals surface area contributed by atoms with Gasteiger partial charge < -0.3 is 19.9 Å². The molecule has 6 nitrogen and oxygen atoms in total. The van der Waals surface area contributed by atoms with Crippen LogP contribution in [0.3, 0.4) is 0 Å². The van der Waals surface area contributed by atoms with Crippen molar-refractivity contribution >= 4 is 5.82 Å². The molecule has 1 aromatic rings. The van der Waals surface area contributed by atoms with E-state index in [0.29, 0.717) is 31.3 Å². The van der Waals surface area contributed by atoms with Gasteiger partial charge in [0.2, 0.25) is 5.88 Å². The van der Waals surface area contributed by atoms with E-state index in [1.165, 1.54) is 6.33 Å². The van der Waals surface area contributed by atoms with Crippen molar-refractivity contribution in [2.24, 2.45) is 0 Å². The van der Waals surface area contributed by atoms with E-state index >= 15 is 0 Å². The second kappa shape index (κ2) is 7.84. The fraction of sp³-hybridized carbons (Fsp3) is 0.667. The molecule has 0 aliphatic rings. The SMILES string of the molecule is CCOc1ncnc(NC(CCO)COC)c1C. The standard InChI is InChI=1S/C12H21N3O3/c1-4-18-12-9(2)11(13-8-14-12)15-10(5-6-16)7-17-3/h8,10,16H,4-7H2,1-3H3,(H,13,14,15). The van der Waals surface area contributed by atoms with Gasteiger partial charge in [0.25, 0.3) is 0 Å². The highest BCUT2D eigenvalue weighted by atomic mass is 16.5. The summed E-state index contributed by atoms with van der Waals surface area (Å²) in [6, 6.07) is 0.0167.